The average molecular weight is 273 g/mol. The van der Waals surface area contributed by atoms with Crippen LogP contribution in [0.3, 0.4) is 0 Å². The Morgan fingerprint density at radius 3 is 2.32 bits per heavy atom. The molecule has 108 valence electrons. The first-order valence-corrected chi connectivity index (χ1v) is 6.03. The summed E-state index contributed by atoms with van der Waals surface area (Å²) in [6.45, 7) is 1.92. The van der Waals surface area contributed by atoms with Crippen LogP contribution in [0.5, 0.6) is 0 Å². The minimum absolute atomic E-state index is 0.0513. The first kappa shape index (κ1) is 15.4. The van der Waals surface area contributed by atoms with Crippen molar-refractivity contribution in [2.45, 2.75) is 0 Å². The Morgan fingerprint density at radius 2 is 1.79 bits per heavy atom. The van der Waals surface area contributed by atoms with Crippen LogP contribution in [0.1, 0.15) is 0 Å². The molecule has 0 aromatic rings. The van der Waals surface area contributed by atoms with Gasteiger partial charge in [0.15, 0.2) is 0 Å². The Balaban J connectivity index is 2.23. The molecular formula is C11H19N3O5. The molecule has 1 aliphatic rings. The van der Waals surface area contributed by atoms with E-state index in [1.807, 2.05) is 4.90 Å². The summed E-state index contributed by atoms with van der Waals surface area (Å²) in [4.78, 5) is 36.7. The van der Waals surface area contributed by atoms with Crippen molar-refractivity contribution < 1.29 is 24.2 Å². The molecule has 2 N–H and O–H groups in total. The quantitative estimate of drug-likeness (QED) is 0.579. The Morgan fingerprint density at radius 1 is 1.16 bits per heavy atom. The van der Waals surface area contributed by atoms with Crippen molar-refractivity contribution in [2.24, 2.45) is 0 Å². The normalized spacial score (nSPS) is 16.2. The third-order valence-electron chi connectivity index (χ3n) is 2.82. The number of carboxylic acids is 1. The number of carbonyl (C=O) groups excluding carboxylic acids is 2. The zero-order valence-corrected chi connectivity index (χ0v) is 10.9. The number of piperazine rings is 1. The summed E-state index contributed by atoms with van der Waals surface area (Å²) in [5.41, 5.74) is 0. The second kappa shape index (κ2) is 7.70. The summed E-state index contributed by atoms with van der Waals surface area (Å²) in [6.07, 6.45) is 0. The number of nitrogens with zero attached hydrogens (tertiary/aromatic N) is 2. The summed E-state index contributed by atoms with van der Waals surface area (Å²) in [7, 11) is 1.59. The average Bonchev–Trinajstić information content (AvgIpc) is 2.38. The highest BCUT2D eigenvalue weighted by atomic mass is 16.5. The van der Waals surface area contributed by atoms with E-state index >= 15 is 0 Å². The predicted octanol–water partition coefficient (Wildman–Crippen LogP) is -2.02. The highest BCUT2D eigenvalue weighted by Crippen LogP contribution is 2.02. The SMILES string of the molecule is CNC(=O)CN1CCN(C(=O)COCC(=O)O)CC1. The number of amides is 2. The van der Waals surface area contributed by atoms with E-state index in [1.54, 1.807) is 11.9 Å². The van der Waals surface area contributed by atoms with Crippen LogP contribution >= 0.6 is 0 Å². The molecule has 8 heteroatoms. The van der Waals surface area contributed by atoms with Gasteiger partial charge in [0.2, 0.25) is 11.8 Å². The first-order chi connectivity index (χ1) is 9.02. The lowest BCUT2D eigenvalue weighted by molar-refractivity contribution is -0.146. The molecule has 8 nitrogen and oxygen atoms in total. The van der Waals surface area contributed by atoms with Gasteiger partial charge in [0.05, 0.1) is 6.54 Å². The van der Waals surface area contributed by atoms with Gasteiger partial charge >= 0.3 is 5.97 Å². The number of ether oxygens (including phenoxy) is 1. The zero-order valence-electron chi connectivity index (χ0n) is 10.9. The van der Waals surface area contributed by atoms with Crippen LogP contribution in [0.15, 0.2) is 0 Å². The summed E-state index contributed by atoms with van der Waals surface area (Å²) in [5, 5.41) is 10.9. The zero-order chi connectivity index (χ0) is 14.3. The minimum Gasteiger partial charge on any atom is -0.480 e. The predicted molar refractivity (Wildman–Crippen MR) is 65.5 cm³/mol. The molecule has 0 spiro atoms. The van der Waals surface area contributed by atoms with Crippen LogP contribution in [-0.4, -0.2) is 85.7 Å². The minimum atomic E-state index is -1.09. The van der Waals surface area contributed by atoms with Crippen molar-refractivity contribution in [1.82, 2.24) is 15.1 Å². The number of rotatable bonds is 6. The molecule has 19 heavy (non-hydrogen) atoms. The van der Waals surface area contributed by atoms with Crippen LogP contribution in [0.4, 0.5) is 0 Å². The van der Waals surface area contributed by atoms with Crippen molar-refractivity contribution in [1.29, 1.82) is 0 Å². The molecule has 1 fully saturated rings. The van der Waals surface area contributed by atoms with E-state index in [2.05, 4.69) is 5.32 Å². The molecule has 1 rings (SSSR count). The molecule has 0 radical (unpaired) electrons. The maximum Gasteiger partial charge on any atom is 0.329 e. The molecule has 0 unspecified atom stereocenters. The largest absolute Gasteiger partial charge is 0.480 e. The van der Waals surface area contributed by atoms with E-state index in [4.69, 9.17) is 9.84 Å². The Kier molecular flexibility index (Phi) is 6.23. The third kappa shape index (κ3) is 5.66. The lowest BCUT2D eigenvalue weighted by Crippen LogP contribution is -2.51. The molecule has 0 aliphatic carbocycles. The van der Waals surface area contributed by atoms with Gasteiger partial charge in [0, 0.05) is 33.2 Å². The number of likely N-dealkylation sites (N-methyl/N-ethyl adjacent to an activating group) is 1. The fraction of sp³-hybridized carbons (Fsp3) is 0.727. The van der Waals surface area contributed by atoms with Crippen molar-refractivity contribution >= 4 is 17.8 Å². The lowest BCUT2D eigenvalue weighted by Gasteiger charge is -2.34. The van der Waals surface area contributed by atoms with E-state index in [1.165, 1.54) is 0 Å². The highest BCUT2D eigenvalue weighted by Gasteiger charge is 2.22. The standard InChI is InChI=1S/C11H19N3O5/c1-12-9(15)6-13-2-4-14(5-3-13)10(16)7-19-8-11(17)18/h2-8H2,1H3,(H,12,15)(H,17,18). The van der Waals surface area contributed by atoms with Crippen LogP contribution < -0.4 is 5.32 Å². The number of hydrogen-bond acceptors (Lipinski definition) is 5. The molecule has 0 saturated carbocycles. The fourth-order valence-electron chi connectivity index (χ4n) is 1.75. The van der Waals surface area contributed by atoms with Gasteiger partial charge in [-0.2, -0.15) is 0 Å². The number of hydrogen-bond donors (Lipinski definition) is 2. The molecule has 1 heterocycles. The maximum atomic E-state index is 11.7. The maximum absolute atomic E-state index is 11.7. The van der Waals surface area contributed by atoms with E-state index in [9.17, 15) is 14.4 Å². The van der Waals surface area contributed by atoms with Gasteiger partial charge in [0.1, 0.15) is 13.2 Å². The highest BCUT2D eigenvalue weighted by molar-refractivity contribution is 5.79. The van der Waals surface area contributed by atoms with Crippen LogP contribution in [0.2, 0.25) is 0 Å². The smallest absolute Gasteiger partial charge is 0.329 e. The van der Waals surface area contributed by atoms with Gasteiger partial charge in [-0.1, -0.05) is 0 Å². The van der Waals surface area contributed by atoms with E-state index in [0.29, 0.717) is 32.7 Å². The lowest BCUT2D eigenvalue weighted by atomic mass is 10.3. The molecule has 2 amide bonds. The van der Waals surface area contributed by atoms with Gasteiger partial charge in [-0.15, -0.1) is 0 Å². The molecule has 0 aromatic carbocycles. The molecule has 1 saturated heterocycles. The van der Waals surface area contributed by atoms with Crippen molar-refractivity contribution in [3.63, 3.8) is 0 Å². The topological polar surface area (TPSA) is 99.2 Å². The molecule has 0 aromatic heterocycles. The molecule has 0 atom stereocenters. The van der Waals surface area contributed by atoms with Gasteiger partial charge in [-0.3, -0.25) is 14.5 Å². The monoisotopic (exact) mass is 273 g/mol. The van der Waals surface area contributed by atoms with Crippen LogP contribution in [0, 0.1) is 0 Å². The van der Waals surface area contributed by atoms with Crippen molar-refractivity contribution in [2.75, 3.05) is 53.0 Å². The van der Waals surface area contributed by atoms with Crippen LogP contribution in [-0.2, 0) is 19.1 Å². The van der Waals surface area contributed by atoms with Gasteiger partial charge in [-0.05, 0) is 0 Å². The molecule has 1 aliphatic heterocycles. The van der Waals surface area contributed by atoms with Gasteiger partial charge in [-0.25, -0.2) is 4.79 Å². The number of nitrogens with one attached hydrogen (secondary N) is 1. The number of aliphatic carboxylic acids is 1. The second-order valence-corrected chi connectivity index (χ2v) is 4.22. The Bertz CT molecular complexity index is 339. The molecular weight excluding hydrogens is 254 g/mol. The second-order valence-electron chi connectivity index (χ2n) is 4.22. The van der Waals surface area contributed by atoms with Crippen LogP contribution in [0.25, 0.3) is 0 Å². The fourth-order valence-corrected chi connectivity index (χ4v) is 1.75. The van der Waals surface area contributed by atoms with Crippen molar-refractivity contribution in [3.8, 4) is 0 Å². The van der Waals surface area contributed by atoms with Gasteiger partial charge in [0.25, 0.3) is 0 Å². The number of carbonyl (C=O) groups is 3. The van der Waals surface area contributed by atoms with Gasteiger partial charge < -0.3 is 20.1 Å². The Labute approximate surface area is 111 Å². The summed E-state index contributed by atoms with van der Waals surface area (Å²) in [6, 6.07) is 0. The number of carboxylic acid groups (broad SMARTS) is 1. The van der Waals surface area contributed by atoms with E-state index < -0.39 is 12.6 Å². The summed E-state index contributed by atoms with van der Waals surface area (Å²) >= 11 is 0. The van der Waals surface area contributed by atoms with E-state index in [0.717, 1.165) is 0 Å². The van der Waals surface area contributed by atoms with E-state index in [-0.39, 0.29) is 18.4 Å². The summed E-state index contributed by atoms with van der Waals surface area (Å²) < 4.78 is 4.75. The first-order valence-electron chi connectivity index (χ1n) is 6.03. The Hall–Kier alpha value is -1.67. The third-order valence-corrected chi connectivity index (χ3v) is 2.82. The van der Waals surface area contributed by atoms with Crippen molar-refractivity contribution in [3.05, 3.63) is 0 Å². The summed E-state index contributed by atoms with van der Waals surface area (Å²) in [5.74, 6) is -1.37. The molecule has 0 bridgehead atoms.